The molecule has 5 heteroatoms. The molecule has 0 radical (unpaired) electrons. The first-order valence-corrected chi connectivity index (χ1v) is 10.3. The summed E-state index contributed by atoms with van der Waals surface area (Å²) < 4.78 is 10.8. The number of carbonyl (C=O) groups excluding carboxylic acids is 2. The quantitative estimate of drug-likeness (QED) is 0.663. The number of rotatable bonds is 7. The van der Waals surface area contributed by atoms with Gasteiger partial charge in [0.15, 0.2) is 0 Å². The van der Waals surface area contributed by atoms with Gasteiger partial charge in [0.2, 0.25) is 5.91 Å². The molecule has 0 saturated heterocycles. The first-order chi connectivity index (χ1) is 14.0. The maximum atomic E-state index is 13.3. The van der Waals surface area contributed by atoms with Gasteiger partial charge in [-0.05, 0) is 49.9 Å². The van der Waals surface area contributed by atoms with Gasteiger partial charge in [0.25, 0.3) is 0 Å². The lowest BCUT2D eigenvalue weighted by Crippen LogP contribution is -2.38. The van der Waals surface area contributed by atoms with Gasteiger partial charge in [0, 0.05) is 5.69 Å². The number of hydrogen-bond donors (Lipinski definition) is 1. The fourth-order valence-corrected chi connectivity index (χ4v) is 3.91. The molecule has 0 spiro atoms. The van der Waals surface area contributed by atoms with Gasteiger partial charge in [0.1, 0.15) is 11.3 Å². The molecule has 1 atom stereocenters. The summed E-state index contributed by atoms with van der Waals surface area (Å²) >= 11 is 0. The lowest BCUT2D eigenvalue weighted by atomic mass is 9.78. The second kappa shape index (κ2) is 9.12. The number of methoxy groups -OCH3 is 1. The second-order valence-electron chi connectivity index (χ2n) is 7.65. The minimum Gasteiger partial charge on any atom is -0.490 e. The summed E-state index contributed by atoms with van der Waals surface area (Å²) in [5.41, 5.74) is 1.39. The van der Waals surface area contributed by atoms with Crippen molar-refractivity contribution in [3.05, 3.63) is 59.7 Å². The van der Waals surface area contributed by atoms with E-state index in [0.717, 1.165) is 37.7 Å². The molecule has 2 aromatic rings. The summed E-state index contributed by atoms with van der Waals surface area (Å²) in [5, 5.41) is 3.03. The Morgan fingerprint density at radius 3 is 2.41 bits per heavy atom. The zero-order valence-electron chi connectivity index (χ0n) is 17.4. The highest BCUT2D eigenvalue weighted by atomic mass is 16.5. The molecular formula is C24H29NO4. The third-order valence-corrected chi connectivity index (χ3v) is 5.76. The normalized spacial score (nSPS) is 16.1. The predicted octanol–water partition coefficient (Wildman–Crippen LogP) is 5.10. The Labute approximate surface area is 172 Å². The smallest absolute Gasteiger partial charge is 0.341 e. The maximum absolute atomic E-state index is 13.3. The molecule has 154 valence electrons. The molecule has 1 aliphatic rings. The molecule has 0 unspecified atom stereocenters. The Bertz CT molecular complexity index is 856. The molecule has 1 saturated carbocycles. The van der Waals surface area contributed by atoms with Gasteiger partial charge < -0.3 is 14.8 Å². The van der Waals surface area contributed by atoms with E-state index < -0.39 is 11.4 Å². The number of carbonyl (C=O) groups is 2. The highest BCUT2D eigenvalue weighted by Crippen LogP contribution is 2.42. The van der Waals surface area contributed by atoms with Crippen molar-refractivity contribution in [1.82, 2.24) is 0 Å². The largest absolute Gasteiger partial charge is 0.490 e. The van der Waals surface area contributed by atoms with Crippen LogP contribution in [0.25, 0.3) is 0 Å². The monoisotopic (exact) mass is 395 g/mol. The number of amides is 1. The van der Waals surface area contributed by atoms with Crippen LogP contribution in [0.5, 0.6) is 5.75 Å². The number of esters is 1. The van der Waals surface area contributed by atoms with Crippen LogP contribution in [-0.4, -0.2) is 25.1 Å². The number of anilines is 1. The summed E-state index contributed by atoms with van der Waals surface area (Å²) in [7, 11) is 1.34. The number of hydrogen-bond acceptors (Lipinski definition) is 4. The van der Waals surface area contributed by atoms with Gasteiger partial charge in [-0.2, -0.15) is 0 Å². The molecule has 5 nitrogen and oxygen atoms in total. The number of benzene rings is 2. The van der Waals surface area contributed by atoms with E-state index in [1.54, 1.807) is 18.2 Å². The summed E-state index contributed by atoms with van der Waals surface area (Å²) in [6.45, 7) is 3.96. The van der Waals surface area contributed by atoms with E-state index in [0.29, 0.717) is 17.0 Å². The summed E-state index contributed by atoms with van der Waals surface area (Å²) in [4.78, 5) is 25.6. The SMILES string of the molecule is CC[C@@H](C)Oc1ccc(NC(=O)C2(c3ccccc3)CCCC2)cc1C(=O)OC. The van der Waals surface area contributed by atoms with E-state index in [4.69, 9.17) is 9.47 Å². The van der Waals surface area contributed by atoms with Gasteiger partial charge in [-0.25, -0.2) is 4.79 Å². The van der Waals surface area contributed by atoms with Gasteiger partial charge in [-0.3, -0.25) is 4.79 Å². The predicted molar refractivity (Wildman–Crippen MR) is 113 cm³/mol. The van der Waals surface area contributed by atoms with Gasteiger partial charge >= 0.3 is 5.97 Å². The molecular weight excluding hydrogens is 366 g/mol. The molecule has 1 amide bonds. The minimum absolute atomic E-state index is 0.0290. The van der Waals surface area contributed by atoms with Gasteiger partial charge in [-0.1, -0.05) is 50.1 Å². The van der Waals surface area contributed by atoms with Crippen LogP contribution in [0.3, 0.4) is 0 Å². The first kappa shape index (κ1) is 20.9. The molecule has 0 heterocycles. The van der Waals surface area contributed by atoms with E-state index in [1.165, 1.54) is 7.11 Å². The maximum Gasteiger partial charge on any atom is 0.341 e. The van der Waals surface area contributed by atoms with Crippen LogP contribution in [0.4, 0.5) is 5.69 Å². The zero-order chi connectivity index (χ0) is 20.9. The molecule has 1 aliphatic carbocycles. The van der Waals surface area contributed by atoms with Crippen LogP contribution >= 0.6 is 0 Å². The highest BCUT2D eigenvalue weighted by molar-refractivity contribution is 6.01. The summed E-state index contributed by atoms with van der Waals surface area (Å²) in [5.74, 6) is -0.0616. The number of nitrogens with one attached hydrogen (secondary N) is 1. The molecule has 0 bridgehead atoms. The molecule has 3 rings (SSSR count). The Morgan fingerprint density at radius 2 is 1.79 bits per heavy atom. The molecule has 0 aliphatic heterocycles. The molecule has 1 fully saturated rings. The Hall–Kier alpha value is -2.82. The third kappa shape index (κ3) is 4.44. The van der Waals surface area contributed by atoms with E-state index in [-0.39, 0.29) is 12.0 Å². The van der Waals surface area contributed by atoms with Crippen LogP contribution in [0.2, 0.25) is 0 Å². The van der Waals surface area contributed by atoms with Crippen molar-refractivity contribution in [1.29, 1.82) is 0 Å². The van der Waals surface area contributed by atoms with Crippen molar-refractivity contribution >= 4 is 17.6 Å². The lowest BCUT2D eigenvalue weighted by molar-refractivity contribution is -0.121. The van der Waals surface area contributed by atoms with E-state index >= 15 is 0 Å². The van der Waals surface area contributed by atoms with Crippen LogP contribution in [0.1, 0.15) is 61.9 Å². The second-order valence-corrected chi connectivity index (χ2v) is 7.65. The minimum atomic E-state index is -0.529. The van der Waals surface area contributed by atoms with Crippen LogP contribution in [-0.2, 0) is 14.9 Å². The van der Waals surface area contributed by atoms with Gasteiger partial charge in [0.05, 0.1) is 18.6 Å². The highest BCUT2D eigenvalue weighted by Gasteiger charge is 2.42. The fourth-order valence-electron chi connectivity index (χ4n) is 3.91. The van der Waals surface area contributed by atoms with Crippen LogP contribution in [0, 0.1) is 0 Å². The summed E-state index contributed by atoms with van der Waals surface area (Å²) in [6, 6.07) is 15.1. The first-order valence-electron chi connectivity index (χ1n) is 10.3. The third-order valence-electron chi connectivity index (χ3n) is 5.76. The number of ether oxygens (including phenoxy) is 2. The topological polar surface area (TPSA) is 64.6 Å². The molecule has 2 aromatic carbocycles. The Morgan fingerprint density at radius 1 is 1.10 bits per heavy atom. The van der Waals surface area contributed by atoms with Crippen LogP contribution in [0.15, 0.2) is 48.5 Å². The van der Waals surface area contributed by atoms with E-state index in [9.17, 15) is 9.59 Å². The molecule has 29 heavy (non-hydrogen) atoms. The van der Waals surface area contributed by atoms with Gasteiger partial charge in [-0.15, -0.1) is 0 Å². The average molecular weight is 395 g/mol. The standard InChI is InChI=1S/C24H29NO4/c1-4-17(2)29-21-13-12-19(16-20(21)22(26)28-3)25-23(27)24(14-8-9-15-24)18-10-6-5-7-11-18/h5-7,10-13,16-17H,4,8-9,14-15H2,1-3H3,(H,25,27)/t17-/m1/s1. The van der Waals surface area contributed by atoms with Crippen molar-refractivity contribution in [3.8, 4) is 5.75 Å². The van der Waals surface area contributed by atoms with Crippen molar-refractivity contribution in [3.63, 3.8) is 0 Å². The average Bonchev–Trinajstić information content (AvgIpc) is 3.26. The van der Waals surface area contributed by atoms with E-state index in [1.807, 2.05) is 44.2 Å². The lowest BCUT2D eigenvalue weighted by Gasteiger charge is -2.28. The van der Waals surface area contributed by atoms with E-state index in [2.05, 4.69) is 5.32 Å². The van der Waals surface area contributed by atoms with Crippen molar-refractivity contribution in [2.45, 2.75) is 57.5 Å². The Balaban J connectivity index is 1.88. The van der Waals surface area contributed by atoms with Crippen LogP contribution < -0.4 is 10.1 Å². The van der Waals surface area contributed by atoms with Crippen molar-refractivity contribution < 1.29 is 19.1 Å². The van der Waals surface area contributed by atoms with Crippen molar-refractivity contribution in [2.24, 2.45) is 0 Å². The molecule has 0 aromatic heterocycles. The fraction of sp³-hybridized carbons (Fsp3) is 0.417. The van der Waals surface area contributed by atoms with Crippen molar-refractivity contribution in [2.75, 3.05) is 12.4 Å². The molecule has 1 N–H and O–H groups in total. The zero-order valence-corrected chi connectivity index (χ0v) is 17.4. The Kier molecular flexibility index (Phi) is 6.57. The summed E-state index contributed by atoms with van der Waals surface area (Å²) in [6.07, 6.45) is 4.48.